The Kier molecular flexibility index (Phi) is 9.35. The van der Waals surface area contributed by atoms with Gasteiger partial charge >= 0.3 is 0 Å². The van der Waals surface area contributed by atoms with Gasteiger partial charge in [-0.2, -0.15) is 0 Å². The largest absolute Gasteiger partial charge is 0.383 e. The van der Waals surface area contributed by atoms with E-state index >= 15 is 0 Å². The first-order valence-corrected chi connectivity index (χ1v) is 9.20. The molecule has 0 radical (unpaired) electrons. The summed E-state index contributed by atoms with van der Waals surface area (Å²) in [6.45, 7) is 10.4. The Bertz CT molecular complexity index is 708. The zero-order chi connectivity index (χ0) is 19.5. The second-order valence-electron chi connectivity index (χ2n) is 6.53. The van der Waals surface area contributed by atoms with Crippen molar-refractivity contribution in [3.63, 3.8) is 0 Å². The van der Waals surface area contributed by atoms with Gasteiger partial charge < -0.3 is 4.90 Å². The van der Waals surface area contributed by atoms with Gasteiger partial charge in [0.05, 0.1) is 5.71 Å². The molecule has 0 fully saturated rings. The molecule has 0 unspecified atom stereocenters. The maximum atomic E-state index is 4.64. The maximum absolute atomic E-state index is 4.64. The Balaban J connectivity index is 3.25. The molecule has 0 atom stereocenters. The van der Waals surface area contributed by atoms with Gasteiger partial charge in [0.25, 0.3) is 0 Å². The third kappa shape index (κ3) is 6.14. The normalized spacial score (nSPS) is 17.3. The van der Waals surface area contributed by atoms with Crippen LogP contribution < -0.4 is 0 Å². The predicted molar refractivity (Wildman–Crippen MR) is 117 cm³/mol. The molecule has 0 aromatic heterocycles. The minimum atomic E-state index is 0.974. The minimum Gasteiger partial charge on any atom is -0.383 e. The Morgan fingerprint density at radius 2 is 2.04 bits per heavy atom. The molecule has 0 aliphatic heterocycles. The molecule has 0 aromatic rings. The summed E-state index contributed by atoms with van der Waals surface area (Å²) in [7, 11) is 5.83. The first-order valence-electron chi connectivity index (χ1n) is 9.20. The molecule has 0 bridgehead atoms. The Hall–Kier alpha value is -2.42. The van der Waals surface area contributed by atoms with Crippen molar-refractivity contribution in [2.24, 2.45) is 9.98 Å². The monoisotopic (exact) mass is 351 g/mol. The van der Waals surface area contributed by atoms with Crippen LogP contribution in [0.25, 0.3) is 0 Å². The molecule has 0 aromatic carbocycles. The Morgan fingerprint density at radius 1 is 1.31 bits per heavy atom. The highest BCUT2D eigenvalue weighted by molar-refractivity contribution is 6.17. The standard InChI is InChI=1S/C23H33N3/c1-8-19-13-12-18(4)16-22(19)23(24-5)21(10-3)20(9-2)17-25-14-11-15-26(6)7/h9-11,14-17H,2,8,12-13H2,1,3-7H3/b15-11-,20-17-,21-10-,24-23?,25-14-. The summed E-state index contributed by atoms with van der Waals surface area (Å²) in [5, 5.41) is 0. The number of hydrogen-bond donors (Lipinski definition) is 0. The van der Waals surface area contributed by atoms with Gasteiger partial charge in [-0.1, -0.05) is 42.9 Å². The third-order valence-electron chi connectivity index (χ3n) is 4.34. The molecule has 3 nitrogen and oxygen atoms in total. The summed E-state index contributed by atoms with van der Waals surface area (Å²) in [6.07, 6.45) is 17.0. The van der Waals surface area contributed by atoms with E-state index in [1.807, 2.05) is 57.5 Å². The van der Waals surface area contributed by atoms with Gasteiger partial charge in [0, 0.05) is 50.9 Å². The first kappa shape index (κ1) is 21.6. The molecule has 0 heterocycles. The second-order valence-corrected chi connectivity index (χ2v) is 6.53. The highest BCUT2D eigenvalue weighted by atomic mass is 15.0. The first-order chi connectivity index (χ1) is 12.5. The maximum Gasteiger partial charge on any atom is 0.0718 e. The van der Waals surface area contributed by atoms with E-state index in [1.54, 1.807) is 6.21 Å². The van der Waals surface area contributed by atoms with E-state index in [0.29, 0.717) is 0 Å². The van der Waals surface area contributed by atoms with Gasteiger partial charge in [0.2, 0.25) is 0 Å². The van der Waals surface area contributed by atoms with Crippen LogP contribution in [0.3, 0.4) is 0 Å². The van der Waals surface area contributed by atoms with Gasteiger partial charge in [0.1, 0.15) is 0 Å². The van der Waals surface area contributed by atoms with Crippen molar-refractivity contribution < 1.29 is 0 Å². The van der Waals surface area contributed by atoms with Crippen LogP contribution in [0.15, 0.2) is 81.1 Å². The molecule has 1 aliphatic carbocycles. The van der Waals surface area contributed by atoms with Gasteiger partial charge in [-0.05, 0) is 44.8 Å². The van der Waals surface area contributed by atoms with Gasteiger partial charge in [-0.3, -0.25) is 9.98 Å². The fourth-order valence-electron chi connectivity index (χ4n) is 2.95. The van der Waals surface area contributed by atoms with E-state index in [4.69, 9.17) is 0 Å². The molecular formula is C23H33N3. The average Bonchev–Trinajstić information content (AvgIpc) is 2.63. The van der Waals surface area contributed by atoms with E-state index in [2.05, 4.69) is 42.6 Å². The van der Waals surface area contributed by atoms with E-state index in [0.717, 1.165) is 36.1 Å². The minimum absolute atomic E-state index is 0.974. The van der Waals surface area contributed by atoms with E-state index in [1.165, 1.54) is 16.7 Å². The lowest BCUT2D eigenvalue weighted by atomic mass is 9.85. The SMILES string of the molecule is C=CC(=C/N=C\C=C/N(C)C)/C(=C/C)C(=NC)C1=C(CC)CCC(C)=C1. The van der Waals surface area contributed by atoms with E-state index < -0.39 is 0 Å². The lowest BCUT2D eigenvalue weighted by Crippen LogP contribution is -2.12. The zero-order valence-corrected chi connectivity index (χ0v) is 17.2. The number of hydrogen-bond acceptors (Lipinski definition) is 3. The number of rotatable bonds is 8. The fourth-order valence-corrected chi connectivity index (χ4v) is 2.95. The fraction of sp³-hybridized carbons (Fsp3) is 0.391. The van der Waals surface area contributed by atoms with Crippen LogP contribution in [0.1, 0.15) is 40.0 Å². The van der Waals surface area contributed by atoms with E-state index in [-0.39, 0.29) is 0 Å². The van der Waals surface area contributed by atoms with Crippen molar-refractivity contribution in [3.8, 4) is 0 Å². The second kappa shape index (κ2) is 11.2. The van der Waals surface area contributed by atoms with Crippen molar-refractivity contribution >= 4 is 11.9 Å². The van der Waals surface area contributed by atoms with Crippen molar-refractivity contribution in [3.05, 3.63) is 71.1 Å². The van der Waals surface area contributed by atoms with Crippen LogP contribution in [0, 0.1) is 0 Å². The lowest BCUT2D eigenvalue weighted by Gasteiger charge is -2.21. The Labute approximate surface area is 159 Å². The predicted octanol–water partition coefficient (Wildman–Crippen LogP) is 5.67. The summed E-state index contributed by atoms with van der Waals surface area (Å²) in [5.41, 5.74) is 7.20. The lowest BCUT2D eigenvalue weighted by molar-refractivity contribution is 0.564. The molecule has 0 spiro atoms. The van der Waals surface area contributed by atoms with Gasteiger partial charge in [-0.15, -0.1) is 0 Å². The highest BCUT2D eigenvalue weighted by Gasteiger charge is 2.18. The van der Waals surface area contributed by atoms with Gasteiger partial charge in [0.15, 0.2) is 0 Å². The zero-order valence-electron chi connectivity index (χ0n) is 17.2. The summed E-state index contributed by atoms with van der Waals surface area (Å²) < 4.78 is 0. The van der Waals surface area contributed by atoms with Crippen molar-refractivity contribution in [2.75, 3.05) is 21.1 Å². The molecule has 1 aliphatic rings. The number of allylic oxidation sites excluding steroid dienone is 9. The van der Waals surface area contributed by atoms with Crippen LogP contribution in [-0.2, 0) is 0 Å². The topological polar surface area (TPSA) is 28.0 Å². The van der Waals surface area contributed by atoms with Crippen molar-refractivity contribution in [1.82, 2.24) is 4.90 Å². The van der Waals surface area contributed by atoms with Crippen molar-refractivity contribution in [1.29, 1.82) is 0 Å². The summed E-state index contributed by atoms with van der Waals surface area (Å²) in [5.74, 6) is 0. The number of aliphatic imine (C=N–C) groups is 2. The third-order valence-corrected chi connectivity index (χ3v) is 4.34. The molecule has 0 N–H and O–H groups in total. The van der Waals surface area contributed by atoms with Crippen LogP contribution in [0.2, 0.25) is 0 Å². The summed E-state index contributed by atoms with van der Waals surface area (Å²) in [6, 6.07) is 0. The molecule has 0 saturated heterocycles. The smallest absolute Gasteiger partial charge is 0.0718 e. The average molecular weight is 352 g/mol. The van der Waals surface area contributed by atoms with Crippen LogP contribution in [0.4, 0.5) is 0 Å². The van der Waals surface area contributed by atoms with Crippen LogP contribution in [-0.4, -0.2) is 38.0 Å². The number of nitrogens with zero attached hydrogens (tertiary/aromatic N) is 3. The molecular weight excluding hydrogens is 318 g/mol. The quantitative estimate of drug-likeness (QED) is 0.409. The van der Waals surface area contributed by atoms with Crippen molar-refractivity contribution in [2.45, 2.75) is 40.0 Å². The molecule has 140 valence electrons. The molecule has 26 heavy (non-hydrogen) atoms. The van der Waals surface area contributed by atoms with E-state index in [9.17, 15) is 0 Å². The Morgan fingerprint density at radius 3 is 2.58 bits per heavy atom. The van der Waals surface area contributed by atoms with Crippen LogP contribution >= 0.6 is 0 Å². The highest BCUT2D eigenvalue weighted by Crippen LogP contribution is 2.30. The molecule has 0 saturated carbocycles. The van der Waals surface area contributed by atoms with Crippen LogP contribution in [0.5, 0.6) is 0 Å². The molecule has 1 rings (SSSR count). The molecule has 0 amide bonds. The summed E-state index contributed by atoms with van der Waals surface area (Å²) >= 11 is 0. The summed E-state index contributed by atoms with van der Waals surface area (Å²) in [4.78, 5) is 11.0. The van der Waals surface area contributed by atoms with Gasteiger partial charge in [-0.25, -0.2) is 0 Å². The molecule has 3 heteroatoms.